The number of halogens is 1. The van der Waals surface area contributed by atoms with Gasteiger partial charge in [-0.05, 0) is 43.3 Å². The summed E-state index contributed by atoms with van der Waals surface area (Å²) in [5, 5.41) is 4.66. The molecule has 0 aliphatic heterocycles. The van der Waals surface area contributed by atoms with Crippen molar-refractivity contribution in [3.8, 4) is 11.3 Å². The van der Waals surface area contributed by atoms with Crippen molar-refractivity contribution in [2.24, 2.45) is 0 Å². The number of aromatic nitrogens is 4. The molecule has 0 aromatic carbocycles. The molecule has 3 heterocycles. The number of hydrogen-bond acceptors (Lipinski definition) is 3. The highest BCUT2D eigenvalue weighted by molar-refractivity contribution is 5.62. The summed E-state index contributed by atoms with van der Waals surface area (Å²) in [6.45, 7) is 5.33. The number of allylic oxidation sites excluding steroid dienone is 5. The summed E-state index contributed by atoms with van der Waals surface area (Å²) in [4.78, 5) is 8.41. The number of imidazole rings is 1. The number of rotatable bonds is 5. The van der Waals surface area contributed by atoms with Gasteiger partial charge in [0, 0.05) is 24.4 Å². The second-order valence-corrected chi connectivity index (χ2v) is 5.42. The summed E-state index contributed by atoms with van der Waals surface area (Å²) >= 11 is 0. The molecule has 0 bridgehead atoms. The minimum atomic E-state index is -0.354. The molecule has 3 rings (SSSR count). The molecule has 120 valence electrons. The van der Waals surface area contributed by atoms with Crippen molar-refractivity contribution in [1.29, 1.82) is 0 Å². The first-order valence-electron chi connectivity index (χ1n) is 7.57. The monoisotopic (exact) mass is 320 g/mol. The predicted molar refractivity (Wildman–Crippen MR) is 93.1 cm³/mol. The van der Waals surface area contributed by atoms with Crippen LogP contribution in [0.15, 0.2) is 79.1 Å². The van der Waals surface area contributed by atoms with Gasteiger partial charge in [0.05, 0.1) is 17.6 Å². The maximum Gasteiger partial charge on any atom is 0.154 e. The van der Waals surface area contributed by atoms with Gasteiger partial charge in [-0.25, -0.2) is 13.9 Å². The highest BCUT2D eigenvalue weighted by atomic mass is 19.1. The molecule has 0 fully saturated rings. The molecule has 0 spiro atoms. The van der Waals surface area contributed by atoms with E-state index in [0.29, 0.717) is 6.42 Å². The second kappa shape index (κ2) is 7.00. The summed E-state index contributed by atoms with van der Waals surface area (Å²) in [6, 6.07) is 7.71. The largest absolute Gasteiger partial charge is 0.265 e. The molecule has 4 nitrogen and oxygen atoms in total. The van der Waals surface area contributed by atoms with Crippen LogP contribution in [0.25, 0.3) is 16.9 Å². The van der Waals surface area contributed by atoms with Crippen LogP contribution in [0.1, 0.15) is 12.6 Å². The quantitative estimate of drug-likeness (QED) is 0.658. The number of pyridine rings is 1. The zero-order valence-corrected chi connectivity index (χ0v) is 13.4. The average Bonchev–Trinajstić information content (AvgIpc) is 3.03. The molecule has 0 radical (unpaired) electrons. The lowest BCUT2D eigenvalue weighted by molar-refractivity contribution is 0.667. The van der Waals surface area contributed by atoms with Crippen LogP contribution >= 0.6 is 0 Å². The van der Waals surface area contributed by atoms with E-state index in [4.69, 9.17) is 0 Å². The summed E-state index contributed by atoms with van der Waals surface area (Å²) < 4.78 is 14.9. The first-order valence-corrected chi connectivity index (χ1v) is 7.57. The second-order valence-electron chi connectivity index (χ2n) is 5.42. The van der Waals surface area contributed by atoms with Gasteiger partial charge >= 0.3 is 0 Å². The van der Waals surface area contributed by atoms with Gasteiger partial charge in [-0.15, -0.1) is 0 Å². The molecule has 0 amide bonds. The third kappa shape index (κ3) is 3.46. The first-order chi connectivity index (χ1) is 11.7. The van der Waals surface area contributed by atoms with Crippen LogP contribution in [-0.4, -0.2) is 19.6 Å². The van der Waals surface area contributed by atoms with Crippen LogP contribution in [0.2, 0.25) is 0 Å². The molecule has 0 saturated heterocycles. The minimum absolute atomic E-state index is 0.354. The fraction of sp³-hybridized carbons (Fsp3) is 0.105. The van der Waals surface area contributed by atoms with Crippen molar-refractivity contribution in [3.05, 3.63) is 84.8 Å². The zero-order valence-electron chi connectivity index (χ0n) is 13.4. The van der Waals surface area contributed by atoms with Crippen LogP contribution in [0.5, 0.6) is 0 Å². The molecule has 3 aromatic heterocycles. The lowest BCUT2D eigenvalue weighted by Gasteiger charge is -2.04. The van der Waals surface area contributed by atoms with E-state index < -0.39 is 0 Å². The van der Waals surface area contributed by atoms with E-state index in [9.17, 15) is 4.39 Å². The Morgan fingerprint density at radius 1 is 1.21 bits per heavy atom. The molecule has 0 N–H and O–H groups in total. The van der Waals surface area contributed by atoms with Crippen LogP contribution in [0, 0.1) is 0 Å². The molecule has 0 atom stereocenters. The van der Waals surface area contributed by atoms with Crippen molar-refractivity contribution < 1.29 is 4.39 Å². The fourth-order valence-electron chi connectivity index (χ4n) is 2.36. The van der Waals surface area contributed by atoms with Gasteiger partial charge in [0.1, 0.15) is 5.83 Å². The Morgan fingerprint density at radius 2 is 2.00 bits per heavy atom. The topological polar surface area (TPSA) is 43.1 Å². The highest BCUT2D eigenvalue weighted by Gasteiger charge is 2.08. The van der Waals surface area contributed by atoms with Crippen molar-refractivity contribution in [1.82, 2.24) is 19.6 Å². The lowest BCUT2D eigenvalue weighted by atomic mass is 10.1. The van der Waals surface area contributed by atoms with E-state index >= 15 is 0 Å². The molecule has 0 saturated carbocycles. The van der Waals surface area contributed by atoms with Gasteiger partial charge in [0.25, 0.3) is 0 Å². The molecule has 0 aliphatic carbocycles. The van der Waals surface area contributed by atoms with Gasteiger partial charge in [-0.1, -0.05) is 18.2 Å². The van der Waals surface area contributed by atoms with E-state index in [-0.39, 0.29) is 5.83 Å². The summed E-state index contributed by atoms with van der Waals surface area (Å²) in [7, 11) is 0. The number of nitrogens with zero attached hydrogens (tertiary/aromatic N) is 4. The smallest absolute Gasteiger partial charge is 0.154 e. The Balaban J connectivity index is 1.92. The Labute approximate surface area is 139 Å². The Kier molecular flexibility index (Phi) is 4.61. The Hall–Kier alpha value is -3.08. The van der Waals surface area contributed by atoms with Gasteiger partial charge < -0.3 is 0 Å². The van der Waals surface area contributed by atoms with Crippen molar-refractivity contribution in [3.63, 3.8) is 0 Å². The van der Waals surface area contributed by atoms with E-state index in [1.165, 1.54) is 12.2 Å². The zero-order chi connectivity index (χ0) is 16.9. The maximum absolute atomic E-state index is 13.1. The van der Waals surface area contributed by atoms with E-state index in [1.54, 1.807) is 24.7 Å². The predicted octanol–water partition coefficient (Wildman–Crippen LogP) is 4.32. The van der Waals surface area contributed by atoms with Crippen LogP contribution < -0.4 is 0 Å². The third-order valence-electron chi connectivity index (χ3n) is 3.58. The van der Waals surface area contributed by atoms with Crippen molar-refractivity contribution in [2.75, 3.05) is 0 Å². The maximum atomic E-state index is 13.1. The van der Waals surface area contributed by atoms with Crippen molar-refractivity contribution in [2.45, 2.75) is 13.3 Å². The Morgan fingerprint density at radius 3 is 2.75 bits per heavy atom. The normalized spacial score (nSPS) is 12.6. The third-order valence-corrected chi connectivity index (χ3v) is 3.58. The standard InChI is InChI=1S/C19H17FN4/c1-3-16(20)5-4-14(2)12-17-6-7-19-22-13-18(24(19)23-17)15-8-10-21-11-9-15/h3-11,13H,1,12H2,2H3/b14-4+,16-5+. The Bertz CT molecular complexity index is 923. The summed E-state index contributed by atoms with van der Waals surface area (Å²) in [5.41, 5.74) is 4.59. The van der Waals surface area contributed by atoms with Crippen LogP contribution in [-0.2, 0) is 6.42 Å². The molecular formula is C19H17FN4. The van der Waals surface area contributed by atoms with Gasteiger partial charge in [0.15, 0.2) is 5.65 Å². The summed E-state index contributed by atoms with van der Waals surface area (Å²) in [6.07, 6.45) is 10.2. The lowest BCUT2D eigenvalue weighted by Crippen LogP contribution is -2.00. The van der Waals surface area contributed by atoms with Gasteiger partial charge in [0.2, 0.25) is 0 Å². The van der Waals surface area contributed by atoms with Gasteiger partial charge in [-0.3, -0.25) is 4.98 Å². The number of hydrogen-bond donors (Lipinski definition) is 0. The molecule has 5 heteroatoms. The average molecular weight is 320 g/mol. The highest BCUT2D eigenvalue weighted by Crippen LogP contribution is 2.19. The molecule has 0 unspecified atom stereocenters. The minimum Gasteiger partial charge on any atom is -0.265 e. The van der Waals surface area contributed by atoms with Gasteiger partial charge in [-0.2, -0.15) is 5.10 Å². The number of fused-ring (bicyclic) bond motifs is 1. The van der Waals surface area contributed by atoms with E-state index in [0.717, 1.165) is 28.2 Å². The van der Waals surface area contributed by atoms with E-state index in [2.05, 4.69) is 21.6 Å². The molecule has 24 heavy (non-hydrogen) atoms. The fourth-order valence-corrected chi connectivity index (χ4v) is 2.36. The SMILES string of the molecule is C=C/C(F)=C\C=C(/C)Cc1ccc2ncc(-c3ccncc3)n2n1. The van der Waals surface area contributed by atoms with Crippen LogP contribution in [0.4, 0.5) is 4.39 Å². The van der Waals surface area contributed by atoms with E-state index in [1.807, 2.05) is 35.7 Å². The van der Waals surface area contributed by atoms with Crippen molar-refractivity contribution >= 4 is 5.65 Å². The summed E-state index contributed by atoms with van der Waals surface area (Å²) in [5.74, 6) is -0.354. The first kappa shape index (κ1) is 15.8. The van der Waals surface area contributed by atoms with Crippen LogP contribution in [0.3, 0.4) is 0 Å². The molecule has 0 aliphatic rings. The molecule has 3 aromatic rings. The molecular weight excluding hydrogens is 303 g/mol.